The zero-order valence-corrected chi connectivity index (χ0v) is 11.5. The first kappa shape index (κ1) is 15.1. The molecule has 1 aromatic rings. The maximum absolute atomic E-state index is 12.1. The monoisotopic (exact) mass is 272 g/mol. The van der Waals surface area contributed by atoms with Crippen LogP contribution < -0.4 is 5.73 Å². The maximum Gasteiger partial charge on any atom is 0.242 e. The molecule has 0 saturated carbocycles. The van der Waals surface area contributed by atoms with Crippen LogP contribution in [0.4, 0.5) is 0 Å². The van der Waals surface area contributed by atoms with Crippen molar-refractivity contribution in [1.82, 2.24) is 4.31 Å². The summed E-state index contributed by atoms with van der Waals surface area (Å²) in [6.07, 6.45) is 0.0328. The fraction of sp³-hybridized carbons (Fsp3) is 0.500. The zero-order chi connectivity index (χ0) is 13.8. The van der Waals surface area contributed by atoms with E-state index in [0.717, 1.165) is 16.3 Å². The van der Waals surface area contributed by atoms with Crippen molar-refractivity contribution in [2.45, 2.75) is 24.3 Å². The first-order valence-corrected chi connectivity index (χ1v) is 7.25. The van der Waals surface area contributed by atoms with Crippen LogP contribution in [-0.4, -0.2) is 44.1 Å². The lowest BCUT2D eigenvalue weighted by Crippen LogP contribution is -2.33. The second kappa shape index (κ2) is 6.29. The van der Waals surface area contributed by atoms with Gasteiger partial charge in [-0.3, -0.25) is 0 Å². The Balaban J connectivity index is 2.91. The quantitative estimate of drug-likeness (QED) is 0.774. The lowest BCUT2D eigenvalue weighted by molar-refractivity contribution is 0.171. The molecule has 0 spiro atoms. The molecule has 0 aliphatic heterocycles. The molecule has 1 aromatic carbocycles. The summed E-state index contributed by atoms with van der Waals surface area (Å²) in [5.41, 5.74) is 6.44. The van der Waals surface area contributed by atoms with Gasteiger partial charge in [0.25, 0.3) is 0 Å². The van der Waals surface area contributed by atoms with Gasteiger partial charge in [0.2, 0.25) is 10.0 Å². The number of nitrogens with zero attached hydrogens (tertiary/aromatic N) is 1. The van der Waals surface area contributed by atoms with Crippen LogP contribution in [0.15, 0.2) is 29.2 Å². The summed E-state index contributed by atoms with van der Waals surface area (Å²) < 4.78 is 25.4. The summed E-state index contributed by atoms with van der Waals surface area (Å²) in [4.78, 5) is 0.228. The van der Waals surface area contributed by atoms with E-state index in [1.165, 1.54) is 7.05 Å². The minimum atomic E-state index is -3.52. The van der Waals surface area contributed by atoms with E-state index >= 15 is 0 Å². The van der Waals surface area contributed by atoms with Gasteiger partial charge < -0.3 is 10.8 Å². The summed E-state index contributed by atoms with van der Waals surface area (Å²) in [6, 6.07) is 6.66. The summed E-state index contributed by atoms with van der Waals surface area (Å²) in [5, 5.41) is 9.23. The predicted molar refractivity (Wildman–Crippen MR) is 70.7 cm³/mol. The van der Waals surface area contributed by atoms with Gasteiger partial charge in [-0.25, -0.2) is 8.42 Å². The third-order valence-electron chi connectivity index (χ3n) is 2.59. The number of rotatable bonds is 6. The molecule has 1 atom stereocenters. The van der Waals surface area contributed by atoms with E-state index < -0.39 is 16.1 Å². The van der Waals surface area contributed by atoms with Gasteiger partial charge in [0.1, 0.15) is 0 Å². The molecule has 0 saturated heterocycles. The molecule has 0 amide bonds. The fourth-order valence-electron chi connectivity index (χ4n) is 1.64. The molecule has 5 nitrogen and oxygen atoms in total. The molecule has 0 aliphatic carbocycles. The largest absolute Gasteiger partial charge is 0.392 e. The second-order valence-corrected chi connectivity index (χ2v) is 6.36. The Morgan fingerprint density at radius 3 is 2.33 bits per heavy atom. The molecule has 0 radical (unpaired) electrons. The van der Waals surface area contributed by atoms with E-state index in [4.69, 9.17) is 5.73 Å². The molecular formula is C12H20N2O3S. The van der Waals surface area contributed by atoms with Crippen LogP contribution in [0.3, 0.4) is 0 Å². The van der Waals surface area contributed by atoms with E-state index in [2.05, 4.69) is 0 Å². The molecule has 0 heterocycles. The minimum Gasteiger partial charge on any atom is -0.392 e. The Hall–Kier alpha value is -0.950. The number of aliphatic hydroxyl groups excluding tert-OH is 1. The summed E-state index contributed by atoms with van der Waals surface area (Å²) in [7, 11) is -2.07. The molecule has 102 valence electrons. The van der Waals surface area contributed by atoms with Crippen LogP contribution in [-0.2, 0) is 16.4 Å². The normalized spacial score (nSPS) is 13.8. The van der Waals surface area contributed by atoms with Gasteiger partial charge in [-0.15, -0.1) is 0 Å². The van der Waals surface area contributed by atoms with Crippen LogP contribution in [0.5, 0.6) is 0 Å². The number of nitrogens with two attached hydrogens (primary N) is 1. The van der Waals surface area contributed by atoms with Crippen molar-refractivity contribution < 1.29 is 13.5 Å². The Morgan fingerprint density at radius 1 is 1.33 bits per heavy atom. The SMILES string of the molecule is CC(O)CN(C)S(=O)(=O)c1ccc(CCN)cc1. The van der Waals surface area contributed by atoms with Crippen molar-refractivity contribution in [3.63, 3.8) is 0 Å². The van der Waals surface area contributed by atoms with E-state index in [1.807, 2.05) is 0 Å². The Labute approximate surface area is 108 Å². The molecule has 3 N–H and O–H groups in total. The Kier molecular flexibility index (Phi) is 5.28. The molecule has 0 bridgehead atoms. The van der Waals surface area contributed by atoms with Gasteiger partial charge in [0, 0.05) is 13.6 Å². The molecule has 0 aromatic heterocycles. The van der Waals surface area contributed by atoms with E-state index in [9.17, 15) is 13.5 Å². The summed E-state index contributed by atoms with van der Waals surface area (Å²) in [6.45, 7) is 2.16. The molecule has 6 heteroatoms. The minimum absolute atomic E-state index is 0.0763. The van der Waals surface area contributed by atoms with Crippen LogP contribution >= 0.6 is 0 Å². The van der Waals surface area contributed by atoms with Crippen molar-refractivity contribution in [1.29, 1.82) is 0 Å². The fourth-order valence-corrected chi connectivity index (χ4v) is 2.90. The number of sulfonamides is 1. The topological polar surface area (TPSA) is 83.6 Å². The highest BCUT2D eigenvalue weighted by Gasteiger charge is 2.21. The smallest absolute Gasteiger partial charge is 0.242 e. The van der Waals surface area contributed by atoms with E-state index in [0.29, 0.717) is 6.54 Å². The highest BCUT2D eigenvalue weighted by atomic mass is 32.2. The summed E-state index contributed by atoms with van der Waals surface area (Å²) in [5.74, 6) is 0. The molecule has 1 rings (SSSR count). The standard InChI is InChI=1S/C12H20N2O3S/c1-10(15)9-14(2)18(16,17)12-5-3-11(4-6-12)7-8-13/h3-6,10,15H,7-9,13H2,1-2H3. The molecular weight excluding hydrogens is 252 g/mol. The molecule has 0 aliphatic rings. The lowest BCUT2D eigenvalue weighted by atomic mass is 10.2. The van der Waals surface area contributed by atoms with Gasteiger partial charge in [0.15, 0.2) is 0 Å². The maximum atomic E-state index is 12.1. The van der Waals surface area contributed by atoms with Crippen molar-refractivity contribution >= 4 is 10.0 Å². The molecule has 0 fully saturated rings. The highest BCUT2D eigenvalue weighted by molar-refractivity contribution is 7.89. The third-order valence-corrected chi connectivity index (χ3v) is 4.42. The number of benzene rings is 1. The van der Waals surface area contributed by atoms with Gasteiger partial charge >= 0.3 is 0 Å². The third kappa shape index (κ3) is 3.78. The molecule has 1 unspecified atom stereocenters. The number of hydrogen-bond acceptors (Lipinski definition) is 4. The van der Waals surface area contributed by atoms with Crippen LogP contribution in [0, 0.1) is 0 Å². The van der Waals surface area contributed by atoms with Crippen molar-refractivity contribution in [3.8, 4) is 0 Å². The number of hydrogen-bond donors (Lipinski definition) is 2. The molecule has 18 heavy (non-hydrogen) atoms. The number of likely N-dealkylation sites (N-methyl/N-ethyl adjacent to an activating group) is 1. The lowest BCUT2D eigenvalue weighted by Gasteiger charge is -2.18. The average Bonchev–Trinajstić information content (AvgIpc) is 2.29. The average molecular weight is 272 g/mol. The van der Waals surface area contributed by atoms with Crippen LogP contribution in [0.1, 0.15) is 12.5 Å². The second-order valence-electron chi connectivity index (χ2n) is 4.32. The first-order chi connectivity index (χ1) is 8.37. The number of aliphatic hydroxyl groups is 1. The van der Waals surface area contributed by atoms with Gasteiger partial charge in [0.05, 0.1) is 11.0 Å². The summed E-state index contributed by atoms with van der Waals surface area (Å²) >= 11 is 0. The van der Waals surface area contributed by atoms with Gasteiger partial charge in [-0.05, 0) is 37.6 Å². The van der Waals surface area contributed by atoms with E-state index in [1.54, 1.807) is 31.2 Å². The zero-order valence-electron chi connectivity index (χ0n) is 10.7. The first-order valence-electron chi connectivity index (χ1n) is 5.81. The highest BCUT2D eigenvalue weighted by Crippen LogP contribution is 2.15. The predicted octanol–water partition coefficient (Wildman–Crippen LogP) is 0.189. The van der Waals surface area contributed by atoms with Crippen molar-refractivity contribution in [2.24, 2.45) is 5.73 Å². The van der Waals surface area contributed by atoms with Gasteiger partial charge in [-0.2, -0.15) is 4.31 Å². The Morgan fingerprint density at radius 2 is 1.89 bits per heavy atom. The van der Waals surface area contributed by atoms with Crippen molar-refractivity contribution in [3.05, 3.63) is 29.8 Å². The van der Waals surface area contributed by atoms with Crippen LogP contribution in [0.2, 0.25) is 0 Å². The van der Waals surface area contributed by atoms with Crippen LogP contribution in [0.25, 0.3) is 0 Å². The Bertz CT molecular complexity index is 469. The van der Waals surface area contributed by atoms with Crippen molar-refractivity contribution in [2.75, 3.05) is 20.1 Å². The van der Waals surface area contributed by atoms with Gasteiger partial charge in [-0.1, -0.05) is 12.1 Å². The van der Waals surface area contributed by atoms with E-state index in [-0.39, 0.29) is 11.4 Å².